The summed E-state index contributed by atoms with van der Waals surface area (Å²) in [5, 5.41) is 8.85. The minimum atomic E-state index is 0.140. The first kappa shape index (κ1) is 9.27. The first-order valence-electron chi connectivity index (χ1n) is 5.19. The predicted octanol–water partition coefficient (Wildman–Crippen LogP) is 3.05. The van der Waals surface area contributed by atoms with Crippen molar-refractivity contribution in [3.05, 3.63) is 35.4 Å². The van der Waals surface area contributed by atoms with E-state index in [1.165, 1.54) is 11.1 Å². The molecule has 72 valence electrons. The van der Waals surface area contributed by atoms with Crippen molar-refractivity contribution < 1.29 is 0 Å². The van der Waals surface area contributed by atoms with Gasteiger partial charge in [0.15, 0.2) is 0 Å². The van der Waals surface area contributed by atoms with Crippen LogP contribution in [0.25, 0.3) is 0 Å². The van der Waals surface area contributed by atoms with Crippen LogP contribution >= 0.6 is 0 Å². The zero-order valence-electron chi connectivity index (χ0n) is 8.75. The number of aryl methyl sites for hydroxylation is 1. The molecule has 0 bridgehead atoms. The largest absolute Gasteiger partial charge is 0.198 e. The van der Waals surface area contributed by atoms with Crippen molar-refractivity contribution in [2.24, 2.45) is 5.92 Å². The maximum atomic E-state index is 8.85. The van der Waals surface area contributed by atoms with Crippen LogP contribution in [0.2, 0.25) is 0 Å². The van der Waals surface area contributed by atoms with Crippen LogP contribution in [0.15, 0.2) is 24.3 Å². The monoisotopic (exact) mass is 185 g/mol. The molecule has 1 aromatic rings. The molecule has 14 heavy (non-hydrogen) atoms. The lowest BCUT2D eigenvalue weighted by atomic mass is 9.94. The summed E-state index contributed by atoms with van der Waals surface area (Å²) >= 11 is 0. The Hall–Kier alpha value is -1.29. The van der Waals surface area contributed by atoms with Gasteiger partial charge in [-0.15, -0.1) is 0 Å². The molecular formula is C13H15N. The van der Waals surface area contributed by atoms with Crippen LogP contribution in [0.4, 0.5) is 0 Å². The highest BCUT2D eigenvalue weighted by Gasteiger charge is 2.51. The van der Waals surface area contributed by atoms with Gasteiger partial charge in [-0.2, -0.15) is 5.26 Å². The molecule has 0 amide bonds. The van der Waals surface area contributed by atoms with Gasteiger partial charge in [0.2, 0.25) is 0 Å². The Balaban J connectivity index is 2.23. The fourth-order valence-electron chi connectivity index (χ4n) is 1.99. The molecule has 1 nitrogen and oxygen atoms in total. The molecule has 0 aliphatic heterocycles. The van der Waals surface area contributed by atoms with Crippen molar-refractivity contribution in [1.29, 1.82) is 5.26 Å². The molecule has 0 heterocycles. The molecule has 0 radical (unpaired) electrons. The van der Waals surface area contributed by atoms with Gasteiger partial charge in [0.1, 0.15) is 0 Å². The fourth-order valence-corrected chi connectivity index (χ4v) is 1.99. The average molecular weight is 185 g/mol. The molecule has 1 heteroatoms. The molecule has 1 aliphatic rings. The Kier molecular flexibility index (Phi) is 2.07. The third-order valence-electron chi connectivity index (χ3n) is 3.41. The number of nitrogens with zero attached hydrogens (tertiary/aromatic N) is 1. The summed E-state index contributed by atoms with van der Waals surface area (Å²) in [6, 6.07) is 11.1. The zero-order valence-corrected chi connectivity index (χ0v) is 8.75. The van der Waals surface area contributed by atoms with E-state index in [0.717, 1.165) is 12.8 Å². The Labute approximate surface area is 85.4 Å². The first-order chi connectivity index (χ1) is 6.70. The smallest absolute Gasteiger partial charge is 0.0665 e. The highest BCUT2D eigenvalue weighted by molar-refractivity contribution is 5.37. The summed E-state index contributed by atoms with van der Waals surface area (Å²) in [4.78, 5) is 0. The van der Waals surface area contributed by atoms with Crippen molar-refractivity contribution in [3.8, 4) is 6.07 Å². The van der Waals surface area contributed by atoms with Gasteiger partial charge in [0.25, 0.3) is 0 Å². The highest BCUT2D eigenvalue weighted by Crippen LogP contribution is 2.53. The number of hydrogen-bond acceptors (Lipinski definition) is 1. The van der Waals surface area contributed by atoms with Gasteiger partial charge in [0, 0.05) is 5.41 Å². The second-order valence-electron chi connectivity index (χ2n) is 4.35. The summed E-state index contributed by atoms with van der Waals surface area (Å²) in [7, 11) is 0. The highest BCUT2D eigenvalue weighted by atomic mass is 14.5. The normalized spacial score (nSPS) is 29.6. The molecule has 2 rings (SSSR count). The standard InChI is InChI=1S/C13H15N/c1-3-10-4-6-11(7-5-10)13(2)8-12(13)9-14/h4-7,12H,3,8H2,1-2H3. The minimum absolute atomic E-state index is 0.140. The zero-order chi connectivity index (χ0) is 10.2. The van der Waals surface area contributed by atoms with Gasteiger partial charge in [-0.1, -0.05) is 38.1 Å². The van der Waals surface area contributed by atoms with E-state index in [2.05, 4.69) is 44.2 Å². The number of nitriles is 1. The van der Waals surface area contributed by atoms with Crippen LogP contribution in [-0.4, -0.2) is 0 Å². The predicted molar refractivity (Wildman–Crippen MR) is 56.9 cm³/mol. The second-order valence-corrected chi connectivity index (χ2v) is 4.35. The van der Waals surface area contributed by atoms with Crippen LogP contribution in [-0.2, 0) is 11.8 Å². The summed E-state index contributed by atoms with van der Waals surface area (Å²) in [6.45, 7) is 4.34. The minimum Gasteiger partial charge on any atom is -0.198 e. The molecule has 1 aromatic carbocycles. The van der Waals surface area contributed by atoms with E-state index in [1.54, 1.807) is 0 Å². The fraction of sp³-hybridized carbons (Fsp3) is 0.462. The summed E-state index contributed by atoms with van der Waals surface area (Å²) in [5.74, 6) is 0.231. The summed E-state index contributed by atoms with van der Waals surface area (Å²) in [6.07, 6.45) is 2.10. The van der Waals surface area contributed by atoms with E-state index in [0.29, 0.717) is 0 Å². The Morgan fingerprint density at radius 1 is 1.43 bits per heavy atom. The van der Waals surface area contributed by atoms with E-state index >= 15 is 0 Å². The van der Waals surface area contributed by atoms with Gasteiger partial charge < -0.3 is 0 Å². The van der Waals surface area contributed by atoms with Crippen molar-refractivity contribution in [2.45, 2.75) is 32.1 Å². The van der Waals surface area contributed by atoms with Crippen molar-refractivity contribution in [1.82, 2.24) is 0 Å². The third kappa shape index (κ3) is 1.32. The van der Waals surface area contributed by atoms with Crippen molar-refractivity contribution in [2.75, 3.05) is 0 Å². The molecule has 0 N–H and O–H groups in total. The SMILES string of the molecule is CCc1ccc(C2(C)CC2C#N)cc1. The molecular weight excluding hydrogens is 170 g/mol. The van der Waals surface area contributed by atoms with Gasteiger partial charge in [-0.3, -0.25) is 0 Å². The molecule has 1 aliphatic carbocycles. The topological polar surface area (TPSA) is 23.8 Å². The van der Waals surface area contributed by atoms with Crippen LogP contribution in [0.5, 0.6) is 0 Å². The lowest BCUT2D eigenvalue weighted by molar-refractivity contribution is 0.741. The van der Waals surface area contributed by atoms with Crippen LogP contribution in [0.3, 0.4) is 0 Å². The molecule has 1 fully saturated rings. The van der Waals surface area contributed by atoms with Gasteiger partial charge in [0.05, 0.1) is 12.0 Å². The number of benzene rings is 1. The number of hydrogen-bond donors (Lipinski definition) is 0. The second kappa shape index (κ2) is 3.13. The maximum Gasteiger partial charge on any atom is 0.0665 e. The van der Waals surface area contributed by atoms with Crippen molar-refractivity contribution in [3.63, 3.8) is 0 Å². The average Bonchev–Trinajstić information content (AvgIpc) is 2.91. The first-order valence-corrected chi connectivity index (χ1v) is 5.19. The molecule has 0 spiro atoms. The van der Waals surface area contributed by atoms with E-state index in [1.807, 2.05) is 0 Å². The van der Waals surface area contributed by atoms with Crippen LogP contribution < -0.4 is 0 Å². The van der Waals surface area contributed by atoms with Crippen LogP contribution in [0, 0.1) is 17.2 Å². The molecule has 2 unspecified atom stereocenters. The number of rotatable bonds is 2. The third-order valence-corrected chi connectivity index (χ3v) is 3.41. The lowest BCUT2D eigenvalue weighted by Gasteiger charge is -2.09. The lowest BCUT2D eigenvalue weighted by Crippen LogP contribution is -2.03. The molecule has 0 aromatic heterocycles. The van der Waals surface area contributed by atoms with Crippen LogP contribution in [0.1, 0.15) is 31.4 Å². The summed E-state index contributed by atoms with van der Waals surface area (Å²) < 4.78 is 0. The van der Waals surface area contributed by atoms with Gasteiger partial charge >= 0.3 is 0 Å². The van der Waals surface area contributed by atoms with E-state index < -0.39 is 0 Å². The van der Waals surface area contributed by atoms with E-state index in [4.69, 9.17) is 5.26 Å². The maximum absolute atomic E-state index is 8.85. The van der Waals surface area contributed by atoms with Gasteiger partial charge in [-0.05, 0) is 24.0 Å². The Morgan fingerprint density at radius 3 is 2.50 bits per heavy atom. The molecule has 0 saturated heterocycles. The van der Waals surface area contributed by atoms with E-state index in [9.17, 15) is 0 Å². The van der Waals surface area contributed by atoms with Crippen molar-refractivity contribution >= 4 is 0 Å². The quantitative estimate of drug-likeness (QED) is 0.694. The van der Waals surface area contributed by atoms with E-state index in [-0.39, 0.29) is 11.3 Å². The molecule has 1 saturated carbocycles. The van der Waals surface area contributed by atoms with Gasteiger partial charge in [-0.25, -0.2) is 0 Å². The Morgan fingerprint density at radius 2 is 2.07 bits per heavy atom. The summed E-state index contributed by atoms with van der Waals surface area (Å²) in [5.41, 5.74) is 2.83. The molecule has 2 atom stereocenters. The Bertz CT molecular complexity index is 371.